The molecule has 0 amide bonds. The number of hydrogen-bond donors (Lipinski definition) is 0. The Balaban J connectivity index is 1.53. The molecule has 0 spiro atoms. The normalized spacial score (nSPS) is 18.6. The standard InChI is InChI=1S/C24H20F3NO2/c1-15-5-3-4-6-21(15)23-28-22(16(2)29-23)19-9-7-17(8-10-19)18-11-13-20(14-12-18)30-24(25,26)27/h3-14,16,22H,1-2H3/t16-,22-/m0/s1. The second-order valence-corrected chi connectivity index (χ2v) is 7.21. The molecule has 0 saturated heterocycles. The molecule has 0 unspecified atom stereocenters. The van der Waals surface area contributed by atoms with Crippen molar-refractivity contribution in [3.8, 4) is 16.9 Å². The zero-order valence-corrected chi connectivity index (χ0v) is 16.5. The van der Waals surface area contributed by atoms with E-state index < -0.39 is 6.36 Å². The monoisotopic (exact) mass is 411 g/mol. The Hall–Kier alpha value is -3.28. The molecule has 4 rings (SSSR count). The number of benzene rings is 3. The van der Waals surface area contributed by atoms with E-state index >= 15 is 0 Å². The van der Waals surface area contributed by atoms with Gasteiger partial charge in [0.05, 0.1) is 0 Å². The molecule has 6 heteroatoms. The van der Waals surface area contributed by atoms with Gasteiger partial charge in [-0.3, -0.25) is 0 Å². The van der Waals surface area contributed by atoms with Crippen LogP contribution in [0.3, 0.4) is 0 Å². The molecule has 0 N–H and O–H groups in total. The molecule has 0 fully saturated rings. The highest BCUT2D eigenvalue weighted by Crippen LogP contribution is 2.33. The molecule has 154 valence electrons. The number of aliphatic imine (C=N–C) groups is 1. The van der Waals surface area contributed by atoms with Gasteiger partial charge in [0.1, 0.15) is 17.9 Å². The summed E-state index contributed by atoms with van der Waals surface area (Å²) in [5.41, 5.74) is 4.82. The fraction of sp³-hybridized carbons (Fsp3) is 0.208. The molecule has 0 aromatic heterocycles. The number of rotatable bonds is 4. The van der Waals surface area contributed by atoms with Crippen molar-refractivity contribution >= 4 is 5.90 Å². The SMILES string of the molecule is Cc1ccccc1C1=N[C@H](c2ccc(-c3ccc(OC(F)(F)F)cc3)cc2)[C@H](C)O1. The molecule has 3 aromatic rings. The van der Waals surface area contributed by atoms with Gasteiger partial charge in [-0.2, -0.15) is 0 Å². The van der Waals surface area contributed by atoms with E-state index in [2.05, 4.69) is 4.74 Å². The van der Waals surface area contributed by atoms with Crippen LogP contribution in [-0.4, -0.2) is 18.4 Å². The van der Waals surface area contributed by atoms with E-state index in [-0.39, 0.29) is 17.9 Å². The highest BCUT2D eigenvalue weighted by molar-refractivity contribution is 5.96. The summed E-state index contributed by atoms with van der Waals surface area (Å²) in [6.45, 7) is 4.02. The Kier molecular flexibility index (Phi) is 5.24. The maximum Gasteiger partial charge on any atom is 0.573 e. The molecule has 1 aliphatic rings. The Morgan fingerprint density at radius 1 is 0.867 bits per heavy atom. The van der Waals surface area contributed by atoms with Crippen molar-refractivity contribution in [3.63, 3.8) is 0 Å². The van der Waals surface area contributed by atoms with Crippen molar-refractivity contribution in [2.24, 2.45) is 4.99 Å². The van der Waals surface area contributed by atoms with Crippen molar-refractivity contribution in [1.29, 1.82) is 0 Å². The molecular weight excluding hydrogens is 391 g/mol. The summed E-state index contributed by atoms with van der Waals surface area (Å²) in [7, 11) is 0. The van der Waals surface area contributed by atoms with Crippen molar-refractivity contribution < 1.29 is 22.6 Å². The van der Waals surface area contributed by atoms with Gasteiger partial charge in [0.15, 0.2) is 0 Å². The number of nitrogens with zero attached hydrogens (tertiary/aromatic N) is 1. The molecule has 30 heavy (non-hydrogen) atoms. The van der Waals surface area contributed by atoms with Crippen LogP contribution >= 0.6 is 0 Å². The van der Waals surface area contributed by atoms with E-state index in [4.69, 9.17) is 9.73 Å². The van der Waals surface area contributed by atoms with Crippen LogP contribution in [0.5, 0.6) is 5.75 Å². The second kappa shape index (κ2) is 7.86. The number of ether oxygens (including phenoxy) is 2. The molecule has 0 radical (unpaired) electrons. The zero-order valence-electron chi connectivity index (χ0n) is 16.5. The molecule has 1 heterocycles. The lowest BCUT2D eigenvalue weighted by Gasteiger charge is -2.14. The fourth-order valence-electron chi connectivity index (χ4n) is 3.52. The number of alkyl halides is 3. The fourth-order valence-corrected chi connectivity index (χ4v) is 3.52. The first-order valence-corrected chi connectivity index (χ1v) is 9.57. The van der Waals surface area contributed by atoms with Crippen molar-refractivity contribution in [1.82, 2.24) is 0 Å². The lowest BCUT2D eigenvalue weighted by atomic mass is 9.99. The van der Waals surface area contributed by atoms with Gasteiger partial charge in [-0.15, -0.1) is 13.2 Å². The van der Waals surface area contributed by atoms with Crippen molar-refractivity contribution in [2.45, 2.75) is 32.4 Å². The largest absolute Gasteiger partial charge is 0.573 e. The van der Waals surface area contributed by atoms with Crippen LogP contribution in [0.25, 0.3) is 11.1 Å². The summed E-state index contributed by atoms with van der Waals surface area (Å²) in [6, 6.07) is 21.5. The summed E-state index contributed by atoms with van der Waals surface area (Å²) in [4.78, 5) is 4.79. The van der Waals surface area contributed by atoms with Crippen LogP contribution in [0, 0.1) is 6.92 Å². The summed E-state index contributed by atoms with van der Waals surface area (Å²) in [6.07, 6.45) is -4.79. The van der Waals surface area contributed by atoms with Gasteiger partial charge in [-0.25, -0.2) is 4.99 Å². The van der Waals surface area contributed by atoms with Gasteiger partial charge < -0.3 is 9.47 Å². The topological polar surface area (TPSA) is 30.8 Å². The van der Waals surface area contributed by atoms with Crippen LogP contribution in [0.4, 0.5) is 13.2 Å². The first kappa shape index (κ1) is 20.0. The number of hydrogen-bond acceptors (Lipinski definition) is 3. The lowest BCUT2D eigenvalue weighted by molar-refractivity contribution is -0.274. The Morgan fingerprint density at radius 3 is 2.07 bits per heavy atom. The van der Waals surface area contributed by atoms with E-state index in [1.165, 1.54) is 12.1 Å². The third kappa shape index (κ3) is 4.32. The van der Waals surface area contributed by atoms with Gasteiger partial charge in [-0.05, 0) is 54.3 Å². The average Bonchev–Trinajstić information content (AvgIpc) is 3.09. The Bertz CT molecular complexity index is 1060. The molecule has 2 atom stereocenters. The number of aryl methyl sites for hydroxylation is 1. The van der Waals surface area contributed by atoms with Gasteiger partial charge in [0, 0.05) is 5.56 Å². The first-order valence-electron chi connectivity index (χ1n) is 9.57. The third-order valence-electron chi connectivity index (χ3n) is 5.05. The minimum Gasteiger partial charge on any atom is -0.472 e. The van der Waals surface area contributed by atoms with E-state index in [1.54, 1.807) is 12.1 Å². The van der Waals surface area contributed by atoms with E-state index in [9.17, 15) is 13.2 Å². The predicted molar refractivity (Wildman–Crippen MR) is 110 cm³/mol. The van der Waals surface area contributed by atoms with E-state index in [0.29, 0.717) is 5.90 Å². The van der Waals surface area contributed by atoms with Crippen molar-refractivity contribution in [3.05, 3.63) is 89.5 Å². The van der Waals surface area contributed by atoms with Crippen LogP contribution in [-0.2, 0) is 4.74 Å². The van der Waals surface area contributed by atoms with E-state index in [0.717, 1.165) is 27.8 Å². The maximum atomic E-state index is 12.3. The minimum absolute atomic E-state index is 0.0933. The molecular formula is C24H20F3NO2. The second-order valence-electron chi connectivity index (χ2n) is 7.21. The smallest absolute Gasteiger partial charge is 0.472 e. The van der Waals surface area contributed by atoms with Crippen LogP contribution < -0.4 is 4.74 Å². The minimum atomic E-state index is -4.69. The van der Waals surface area contributed by atoms with Crippen LogP contribution in [0.15, 0.2) is 77.8 Å². The molecule has 3 nitrogen and oxygen atoms in total. The number of halogens is 3. The molecule has 0 bridgehead atoms. The van der Waals surface area contributed by atoms with Gasteiger partial charge >= 0.3 is 6.36 Å². The summed E-state index contributed by atoms with van der Waals surface area (Å²) in [5, 5.41) is 0. The van der Waals surface area contributed by atoms with Gasteiger partial charge in [-0.1, -0.05) is 54.6 Å². The maximum absolute atomic E-state index is 12.3. The quantitative estimate of drug-likeness (QED) is 0.493. The first-order chi connectivity index (χ1) is 14.3. The predicted octanol–water partition coefficient (Wildman–Crippen LogP) is 6.47. The zero-order chi connectivity index (χ0) is 21.3. The molecule has 1 aliphatic heterocycles. The molecule has 0 aliphatic carbocycles. The summed E-state index contributed by atoms with van der Waals surface area (Å²) in [5.74, 6) is 0.410. The van der Waals surface area contributed by atoms with E-state index in [1.807, 2.05) is 62.4 Å². The molecule has 3 aromatic carbocycles. The van der Waals surface area contributed by atoms with Crippen LogP contribution in [0.1, 0.15) is 29.7 Å². The van der Waals surface area contributed by atoms with Crippen LogP contribution in [0.2, 0.25) is 0 Å². The Labute approximate surface area is 172 Å². The van der Waals surface area contributed by atoms with Gasteiger partial charge in [0.25, 0.3) is 0 Å². The highest BCUT2D eigenvalue weighted by Gasteiger charge is 2.31. The summed E-state index contributed by atoms with van der Waals surface area (Å²) < 4.78 is 46.8. The third-order valence-corrected chi connectivity index (χ3v) is 5.05. The average molecular weight is 411 g/mol. The Morgan fingerprint density at radius 2 is 1.47 bits per heavy atom. The molecule has 0 saturated carbocycles. The summed E-state index contributed by atoms with van der Waals surface area (Å²) >= 11 is 0. The lowest BCUT2D eigenvalue weighted by Crippen LogP contribution is -2.16. The van der Waals surface area contributed by atoms with Crippen molar-refractivity contribution in [2.75, 3.05) is 0 Å². The van der Waals surface area contributed by atoms with Gasteiger partial charge in [0.2, 0.25) is 5.90 Å². The highest BCUT2D eigenvalue weighted by atomic mass is 19.4.